The van der Waals surface area contributed by atoms with Gasteiger partial charge >= 0.3 is 6.09 Å². The molecule has 3 heterocycles. The summed E-state index contributed by atoms with van der Waals surface area (Å²) >= 11 is 0. The topological polar surface area (TPSA) is 130 Å². The van der Waals surface area contributed by atoms with Gasteiger partial charge in [-0.05, 0) is 62.8 Å². The maximum atomic E-state index is 14.7. The third-order valence-electron chi connectivity index (χ3n) is 6.99. The van der Waals surface area contributed by atoms with Crippen molar-refractivity contribution >= 4 is 34.6 Å². The van der Waals surface area contributed by atoms with Crippen LogP contribution in [0.2, 0.25) is 0 Å². The van der Waals surface area contributed by atoms with E-state index in [2.05, 4.69) is 15.3 Å². The second kappa shape index (κ2) is 14.1. The van der Waals surface area contributed by atoms with E-state index in [1.165, 1.54) is 46.8 Å². The number of carbonyl (C=O) groups is 3. The summed E-state index contributed by atoms with van der Waals surface area (Å²) in [6.45, 7) is 7.81. The number of ether oxygens (including phenoxy) is 1. The molecule has 12 heteroatoms. The lowest BCUT2D eigenvalue weighted by Gasteiger charge is -2.20. The van der Waals surface area contributed by atoms with E-state index in [-0.39, 0.29) is 42.7 Å². The van der Waals surface area contributed by atoms with Crippen LogP contribution in [0.3, 0.4) is 0 Å². The van der Waals surface area contributed by atoms with Gasteiger partial charge in [0.05, 0.1) is 23.8 Å². The first-order chi connectivity index (χ1) is 20.2. The van der Waals surface area contributed by atoms with Crippen LogP contribution in [0.4, 0.5) is 14.9 Å². The number of nitrogens with one attached hydrogen (secondary N) is 2. The number of amides is 3. The predicted octanol–water partition coefficient (Wildman–Crippen LogP) is 4.16. The van der Waals surface area contributed by atoms with Gasteiger partial charge in [-0.3, -0.25) is 19.4 Å². The molecule has 0 spiro atoms. The Morgan fingerprint density at radius 1 is 1.14 bits per heavy atom. The Labute approximate surface area is 250 Å². The highest BCUT2D eigenvalue weighted by Crippen LogP contribution is 2.27. The maximum absolute atomic E-state index is 14.7. The standard InChI is InChI=1S/C31H41FN6O5/c1-18(2)15-21-22(32)16-33-27-20(4)24(34-28(21)27)17-38-19(3)13-14-23(30(38)41)35-29(40)25(43-31(42)37(7)8)11-9-10-12-26(39)36(5)6/h10,12-14,16,18,25,34H,9,11,15,17H2,1-8H3,(H,35,40)/b12-10+. The predicted molar refractivity (Wildman–Crippen MR) is 164 cm³/mol. The van der Waals surface area contributed by atoms with Gasteiger partial charge in [-0.25, -0.2) is 9.18 Å². The highest BCUT2D eigenvalue weighted by molar-refractivity contribution is 5.95. The number of likely N-dealkylation sites (N-methyl/N-ethyl adjacent to an activating group) is 1. The number of rotatable bonds is 11. The van der Waals surface area contributed by atoms with E-state index in [9.17, 15) is 23.6 Å². The van der Waals surface area contributed by atoms with Crippen molar-refractivity contribution in [2.24, 2.45) is 5.92 Å². The van der Waals surface area contributed by atoms with Crippen LogP contribution >= 0.6 is 0 Å². The molecule has 3 aromatic rings. The molecular formula is C31H41FN6O5. The Morgan fingerprint density at radius 2 is 1.84 bits per heavy atom. The Hall–Kier alpha value is -4.48. The first kappa shape index (κ1) is 33.0. The number of nitrogens with zero attached hydrogens (tertiary/aromatic N) is 4. The van der Waals surface area contributed by atoms with Crippen molar-refractivity contribution in [2.75, 3.05) is 33.5 Å². The molecule has 3 rings (SSSR count). The quantitative estimate of drug-likeness (QED) is 0.320. The number of H-pyrrole nitrogens is 1. The summed E-state index contributed by atoms with van der Waals surface area (Å²) < 4.78 is 21.6. The fraction of sp³-hybridized carbons (Fsp3) is 0.452. The fourth-order valence-electron chi connectivity index (χ4n) is 4.48. The van der Waals surface area contributed by atoms with Crippen LogP contribution in [0.1, 0.15) is 49.2 Å². The molecular weight excluding hydrogens is 555 g/mol. The Bertz CT molecular complexity index is 1590. The van der Waals surface area contributed by atoms with Crippen LogP contribution < -0.4 is 10.9 Å². The highest BCUT2D eigenvalue weighted by atomic mass is 19.1. The van der Waals surface area contributed by atoms with Crippen LogP contribution in [0.5, 0.6) is 0 Å². The number of halogens is 1. The average Bonchev–Trinajstić information content (AvgIpc) is 3.25. The van der Waals surface area contributed by atoms with E-state index in [1.807, 2.05) is 20.8 Å². The summed E-state index contributed by atoms with van der Waals surface area (Å²) in [4.78, 5) is 61.1. The van der Waals surface area contributed by atoms with Gasteiger partial charge in [0.1, 0.15) is 11.5 Å². The average molecular weight is 597 g/mol. The van der Waals surface area contributed by atoms with Gasteiger partial charge in [-0.2, -0.15) is 0 Å². The number of aromatic nitrogens is 3. The van der Waals surface area contributed by atoms with Crippen molar-refractivity contribution in [2.45, 2.75) is 59.6 Å². The Morgan fingerprint density at radius 3 is 2.47 bits per heavy atom. The number of carbonyl (C=O) groups excluding carboxylic acids is 3. The number of hydrogen-bond donors (Lipinski definition) is 2. The molecule has 11 nitrogen and oxygen atoms in total. The third-order valence-corrected chi connectivity index (χ3v) is 6.99. The van der Waals surface area contributed by atoms with Crippen LogP contribution in [0, 0.1) is 25.6 Å². The van der Waals surface area contributed by atoms with Gasteiger partial charge in [0, 0.05) is 45.1 Å². The van der Waals surface area contributed by atoms with Crippen molar-refractivity contribution in [3.63, 3.8) is 0 Å². The number of allylic oxidation sites excluding steroid dienone is 1. The monoisotopic (exact) mass is 596 g/mol. The molecule has 0 saturated heterocycles. The Balaban J connectivity index is 1.88. The van der Waals surface area contributed by atoms with Gasteiger partial charge in [-0.15, -0.1) is 0 Å². The number of hydrogen-bond acceptors (Lipinski definition) is 6. The number of anilines is 1. The summed E-state index contributed by atoms with van der Waals surface area (Å²) in [6, 6.07) is 3.20. The molecule has 43 heavy (non-hydrogen) atoms. The van der Waals surface area contributed by atoms with E-state index in [0.29, 0.717) is 34.4 Å². The second-order valence-corrected chi connectivity index (χ2v) is 11.4. The molecule has 0 aromatic carbocycles. The summed E-state index contributed by atoms with van der Waals surface area (Å²) in [5, 5.41) is 2.62. The van der Waals surface area contributed by atoms with Crippen LogP contribution in [0.25, 0.3) is 11.0 Å². The van der Waals surface area contributed by atoms with Crippen molar-refractivity contribution in [3.05, 3.63) is 69.2 Å². The van der Waals surface area contributed by atoms with Crippen LogP contribution in [-0.4, -0.2) is 76.5 Å². The maximum Gasteiger partial charge on any atom is 0.410 e. The zero-order valence-electron chi connectivity index (χ0n) is 26.1. The molecule has 0 saturated carbocycles. The molecule has 1 atom stereocenters. The van der Waals surface area contributed by atoms with Gasteiger partial charge in [-0.1, -0.05) is 19.9 Å². The minimum atomic E-state index is -1.21. The van der Waals surface area contributed by atoms with E-state index in [4.69, 9.17) is 4.74 Å². The lowest BCUT2D eigenvalue weighted by atomic mass is 10.0. The zero-order valence-corrected chi connectivity index (χ0v) is 26.1. The molecule has 3 amide bonds. The van der Waals surface area contributed by atoms with E-state index < -0.39 is 23.7 Å². The van der Waals surface area contributed by atoms with Gasteiger partial charge in [0.15, 0.2) is 6.10 Å². The molecule has 0 bridgehead atoms. The summed E-state index contributed by atoms with van der Waals surface area (Å²) in [5.74, 6) is -1.03. The number of pyridine rings is 2. The van der Waals surface area contributed by atoms with Crippen LogP contribution in [-0.2, 0) is 27.3 Å². The van der Waals surface area contributed by atoms with Crippen LogP contribution in [0.15, 0.2) is 35.3 Å². The zero-order chi connectivity index (χ0) is 32.0. The molecule has 1 unspecified atom stereocenters. The highest BCUT2D eigenvalue weighted by Gasteiger charge is 2.25. The third kappa shape index (κ3) is 8.08. The molecule has 0 aliphatic rings. The van der Waals surface area contributed by atoms with Crippen molar-refractivity contribution in [1.29, 1.82) is 0 Å². The summed E-state index contributed by atoms with van der Waals surface area (Å²) in [5.41, 5.74) is 3.52. The number of aryl methyl sites for hydroxylation is 2. The SMILES string of the molecule is Cc1c(Cn2c(C)ccc(NC(=O)C(CC/C=C/C(=O)N(C)C)OC(=O)N(C)C)c2=O)[nH]c2c(CC(C)C)c(F)cnc12. The molecule has 232 valence electrons. The molecule has 3 aromatic heterocycles. The van der Waals surface area contributed by atoms with Crippen molar-refractivity contribution < 1.29 is 23.5 Å². The Kier molecular flexibility index (Phi) is 10.8. The second-order valence-electron chi connectivity index (χ2n) is 11.4. The normalized spacial score (nSPS) is 12.1. The van der Waals surface area contributed by atoms with Gasteiger partial charge in [0.25, 0.3) is 11.5 Å². The van der Waals surface area contributed by atoms with Crippen molar-refractivity contribution in [3.8, 4) is 0 Å². The molecule has 0 aliphatic heterocycles. The smallest absolute Gasteiger partial charge is 0.410 e. The molecule has 0 radical (unpaired) electrons. The van der Waals surface area contributed by atoms with Gasteiger partial charge < -0.3 is 29.4 Å². The molecule has 0 fully saturated rings. The lowest BCUT2D eigenvalue weighted by molar-refractivity contribution is -0.125. The minimum absolute atomic E-state index is 0.0123. The largest absolute Gasteiger partial charge is 0.436 e. The first-order valence-electron chi connectivity index (χ1n) is 14.1. The summed E-state index contributed by atoms with van der Waals surface area (Å²) in [6.07, 6.45) is 3.19. The first-order valence-corrected chi connectivity index (χ1v) is 14.1. The van der Waals surface area contributed by atoms with E-state index in [0.717, 1.165) is 5.56 Å². The number of aromatic amines is 1. The van der Waals surface area contributed by atoms with Crippen molar-refractivity contribution in [1.82, 2.24) is 24.3 Å². The molecule has 0 aliphatic carbocycles. The van der Waals surface area contributed by atoms with Gasteiger partial charge in [0.2, 0.25) is 5.91 Å². The molecule has 2 N–H and O–H groups in total. The van der Waals surface area contributed by atoms with E-state index >= 15 is 0 Å². The number of fused-ring (bicyclic) bond motifs is 1. The minimum Gasteiger partial charge on any atom is -0.436 e. The van der Waals surface area contributed by atoms with E-state index in [1.54, 1.807) is 33.2 Å². The summed E-state index contributed by atoms with van der Waals surface area (Å²) in [7, 11) is 6.23. The fourth-order valence-corrected chi connectivity index (χ4v) is 4.48. The lowest BCUT2D eigenvalue weighted by Crippen LogP contribution is -2.38.